The number of nitrogens with one attached hydrogen (secondary N) is 1. The number of aromatic nitrogens is 3. The lowest BCUT2D eigenvalue weighted by atomic mass is 10.2. The first-order chi connectivity index (χ1) is 14.6. The van der Waals surface area contributed by atoms with Gasteiger partial charge in [0.15, 0.2) is 5.65 Å². The minimum absolute atomic E-state index is 0.204. The summed E-state index contributed by atoms with van der Waals surface area (Å²) in [6.45, 7) is 4.81. The van der Waals surface area contributed by atoms with E-state index in [9.17, 15) is 4.79 Å². The van der Waals surface area contributed by atoms with Crippen LogP contribution < -0.4 is 11.1 Å². The Morgan fingerprint density at radius 1 is 1.03 bits per heavy atom. The van der Waals surface area contributed by atoms with Gasteiger partial charge in [-0.3, -0.25) is 9.36 Å². The molecule has 0 aliphatic carbocycles. The van der Waals surface area contributed by atoms with E-state index in [0.717, 1.165) is 41.5 Å². The summed E-state index contributed by atoms with van der Waals surface area (Å²) in [5.41, 5.74) is 11.5. The van der Waals surface area contributed by atoms with Crippen LogP contribution in [0.3, 0.4) is 0 Å². The molecule has 0 saturated heterocycles. The van der Waals surface area contributed by atoms with Gasteiger partial charge >= 0.3 is 0 Å². The Bertz CT molecular complexity index is 1210. The number of unbranched alkanes of at least 4 members (excludes halogenated alkanes) is 3. The number of nitrogens with zero attached hydrogens (tertiary/aromatic N) is 3. The maximum Gasteiger partial charge on any atom is 0.257 e. The highest BCUT2D eigenvalue weighted by Crippen LogP contribution is 2.31. The number of hydrogen-bond acceptors (Lipinski definition) is 4. The van der Waals surface area contributed by atoms with E-state index in [1.165, 1.54) is 6.42 Å². The fraction of sp³-hybridized carbons (Fsp3) is 0.292. The number of nitrogens with two attached hydrogens (primary N) is 1. The molecule has 3 N–H and O–H groups in total. The van der Waals surface area contributed by atoms with E-state index in [0.29, 0.717) is 29.1 Å². The standard InChI is InChI=1S/C24H27N5O/c1-3-4-5-8-14-26-24(30)20-21-23(28-19-13-7-6-12-18(19)27-21)29(22(20)25)17-11-9-10-16(2)15-17/h6-7,9-13,15H,3-5,8,14,25H2,1-2H3,(H,26,30). The summed E-state index contributed by atoms with van der Waals surface area (Å²) in [4.78, 5) is 22.7. The van der Waals surface area contributed by atoms with E-state index in [4.69, 9.17) is 15.7 Å². The minimum Gasteiger partial charge on any atom is -0.384 e. The van der Waals surface area contributed by atoms with Crippen molar-refractivity contribution in [2.75, 3.05) is 12.3 Å². The van der Waals surface area contributed by atoms with Crippen LogP contribution >= 0.6 is 0 Å². The highest BCUT2D eigenvalue weighted by molar-refractivity contribution is 6.11. The van der Waals surface area contributed by atoms with Crippen molar-refractivity contribution in [3.63, 3.8) is 0 Å². The average molecular weight is 402 g/mol. The number of carbonyl (C=O) groups excluding carboxylic acids is 1. The zero-order valence-electron chi connectivity index (χ0n) is 17.5. The Hall–Kier alpha value is -3.41. The molecular weight excluding hydrogens is 374 g/mol. The van der Waals surface area contributed by atoms with Gasteiger partial charge in [-0.05, 0) is 43.2 Å². The molecule has 30 heavy (non-hydrogen) atoms. The second kappa shape index (κ2) is 8.53. The number of amides is 1. The van der Waals surface area contributed by atoms with Gasteiger partial charge in [0, 0.05) is 12.2 Å². The molecule has 2 aromatic carbocycles. The third-order valence-corrected chi connectivity index (χ3v) is 5.30. The maximum atomic E-state index is 13.1. The number of carbonyl (C=O) groups is 1. The summed E-state index contributed by atoms with van der Waals surface area (Å²) in [7, 11) is 0. The molecule has 2 heterocycles. The summed E-state index contributed by atoms with van der Waals surface area (Å²) in [5, 5.41) is 3.02. The molecule has 0 aliphatic heterocycles. The van der Waals surface area contributed by atoms with Crippen LogP contribution in [-0.2, 0) is 0 Å². The van der Waals surface area contributed by atoms with Gasteiger partial charge in [0.25, 0.3) is 5.91 Å². The second-order valence-corrected chi connectivity index (χ2v) is 7.64. The first kappa shape index (κ1) is 19.9. The van der Waals surface area contributed by atoms with E-state index in [1.807, 2.05) is 60.0 Å². The number of nitrogen functional groups attached to an aromatic ring is 1. The van der Waals surface area contributed by atoms with Crippen LogP contribution in [0.1, 0.15) is 48.5 Å². The van der Waals surface area contributed by atoms with Crippen LogP contribution in [-0.4, -0.2) is 27.0 Å². The number of hydrogen-bond donors (Lipinski definition) is 2. The van der Waals surface area contributed by atoms with Gasteiger partial charge in [-0.1, -0.05) is 50.5 Å². The Kier molecular flexibility index (Phi) is 5.65. The van der Waals surface area contributed by atoms with Gasteiger partial charge < -0.3 is 11.1 Å². The number of anilines is 1. The van der Waals surface area contributed by atoms with Gasteiger partial charge in [-0.15, -0.1) is 0 Å². The molecule has 1 amide bonds. The molecular formula is C24H27N5O. The predicted octanol–water partition coefficient (Wildman–Crippen LogP) is 4.77. The van der Waals surface area contributed by atoms with Crippen LogP contribution in [0.4, 0.5) is 5.82 Å². The Labute approximate surface area is 176 Å². The van der Waals surface area contributed by atoms with Crippen molar-refractivity contribution in [1.82, 2.24) is 19.9 Å². The molecule has 0 saturated carbocycles. The normalized spacial score (nSPS) is 11.3. The number of para-hydroxylation sites is 2. The van der Waals surface area contributed by atoms with Gasteiger partial charge in [-0.25, -0.2) is 9.97 Å². The highest BCUT2D eigenvalue weighted by atomic mass is 16.1. The summed E-state index contributed by atoms with van der Waals surface area (Å²) < 4.78 is 1.83. The molecule has 4 aromatic rings. The molecule has 2 aromatic heterocycles. The van der Waals surface area contributed by atoms with Crippen LogP contribution in [0, 0.1) is 6.92 Å². The van der Waals surface area contributed by atoms with Crippen molar-refractivity contribution in [3.05, 3.63) is 59.7 Å². The van der Waals surface area contributed by atoms with Crippen LogP contribution in [0.2, 0.25) is 0 Å². The van der Waals surface area contributed by atoms with Crippen molar-refractivity contribution >= 4 is 33.9 Å². The van der Waals surface area contributed by atoms with Crippen molar-refractivity contribution < 1.29 is 4.79 Å². The number of benzene rings is 2. The van der Waals surface area contributed by atoms with Gasteiger partial charge in [0.1, 0.15) is 16.9 Å². The average Bonchev–Trinajstić information content (AvgIpc) is 3.02. The minimum atomic E-state index is -0.204. The predicted molar refractivity (Wildman–Crippen MR) is 122 cm³/mol. The zero-order chi connectivity index (χ0) is 21.1. The van der Waals surface area contributed by atoms with E-state index in [1.54, 1.807) is 0 Å². The monoisotopic (exact) mass is 401 g/mol. The molecule has 4 rings (SSSR count). The fourth-order valence-electron chi connectivity index (χ4n) is 3.76. The van der Waals surface area contributed by atoms with Crippen molar-refractivity contribution in [2.24, 2.45) is 0 Å². The van der Waals surface area contributed by atoms with Crippen molar-refractivity contribution in [1.29, 1.82) is 0 Å². The SMILES string of the molecule is CCCCCCNC(=O)c1c(N)n(-c2cccc(C)c2)c2nc3ccccc3nc12. The largest absolute Gasteiger partial charge is 0.384 e. The third-order valence-electron chi connectivity index (χ3n) is 5.30. The van der Waals surface area contributed by atoms with Crippen molar-refractivity contribution in [3.8, 4) is 5.69 Å². The lowest BCUT2D eigenvalue weighted by Gasteiger charge is -2.09. The topological polar surface area (TPSA) is 85.8 Å². The molecule has 154 valence electrons. The zero-order valence-corrected chi connectivity index (χ0v) is 17.5. The van der Waals surface area contributed by atoms with E-state index < -0.39 is 0 Å². The Morgan fingerprint density at radius 3 is 2.53 bits per heavy atom. The molecule has 0 atom stereocenters. The van der Waals surface area contributed by atoms with Crippen molar-refractivity contribution in [2.45, 2.75) is 39.5 Å². The van der Waals surface area contributed by atoms with Crippen LogP contribution in [0.15, 0.2) is 48.5 Å². The molecule has 0 unspecified atom stereocenters. The highest BCUT2D eigenvalue weighted by Gasteiger charge is 2.24. The maximum absolute atomic E-state index is 13.1. The molecule has 6 nitrogen and oxygen atoms in total. The van der Waals surface area contributed by atoms with E-state index in [-0.39, 0.29) is 5.91 Å². The van der Waals surface area contributed by atoms with Gasteiger partial charge in [-0.2, -0.15) is 0 Å². The Morgan fingerprint density at radius 2 is 1.80 bits per heavy atom. The van der Waals surface area contributed by atoms with E-state index in [2.05, 4.69) is 12.2 Å². The third kappa shape index (κ3) is 3.73. The number of fused-ring (bicyclic) bond motifs is 2. The molecule has 0 fully saturated rings. The summed E-state index contributed by atoms with van der Waals surface area (Å²) in [5.74, 6) is 0.155. The molecule has 6 heteroatoms. The molecule has 0 bridgehead atoms. The molecule has 0 aliphatic rings. The lowest BCUT2D eigenvalue weighted by Crippen LogP contribution is -2.25. The molecule has 0 spiro atoms. The molecule has 0 radical (unpaired) electrons. The Balaban J connectivity index is 1.84. The van der Waals surface area contributed by atoms with Gasteiger partial charge in [0.05, 0.1) is 11.0 Å². The number of aryl methyl sites for hydroxylation is 1. The summed E-state index contributed by atoms with van der Waals surface area (Å²) in [6.07, 6.45) is 4.38. The summed E-state index contributed by atoms with van der Waals surface area (Å²) >= 11 is 0. The van der Waals surface area contributed by atoms with E-state index >= 15 is 0 Å². The number of rotatable bonds is 7. The quantitative estimate of drug-likeness (QED) is 0.437. The fourth-order valence-corrected chi connectivity index (χ4v) is 3.76. The smallest absolute Gasteiger partial charge is 0.257 e. The van der Waals surface area contributed by atoms with Gasteiger partial charge in [0.2, 0.25) is 0 Å². The lowest BCUT2D eigenvalue weighted by molar-refractivity contribution is 0.0955. The van der Waals surface area contributed by atoms with Crippen LogP contribution in [0.5, 0.6) is 0 Å². The van der Waals surface area contributed by atoms with Crippen LogP contribution in [0.25, 0.3) is 27.9 Å². The second-order valence-electron chi connectivity index (χ2n) is 7.64. The first-order valence-corrected chi connectivity index (χ1v) is 10.5. The first-order valence-electron chi connectivity index (χ1n) is 10.5. The summed E-state index contributed by atoms with van der Waals surface area (Å²) in [6, 6.07) is 15.6.